The Labute approximate surface area is 115 Å². The summed E-state index contributed by atoms with van der Waals surface area (Å²) in [6.07, 6.45) is 0. The molecule has 0 saturated carbocycles. The minimum atomic E-state index is -0.456. The standard InChI is InChI=1S/C15H13N3O2/c1-3-20-15(19)13-9(2)18-12-7-5-4-6-11(12)17-14(18)10(13)8-16/h4-7,17H,3H2,1-2H3. The predicted molar refractivity (Wildman–Crippen MR) is 74.7 cm³/mol. The summed E-state index contributed by atoms with van der Waals surface area (Å²) in [5.41, 5.74) is 3.88. The van der Waals surface area contributed by atoms with Crippen molar-refractivity contribution in [2.45, 2.75) is 13.8 Å². The Morgan fingerprint density at radius 1 is 1.45 bits per heavy atom. The average Bonchev–Trinajstić information content (AvgIpc) is 2.94. The van der Waals surface area contributed by atoms with E-state index in [1.165, 1.54) is 0 Å². The van der Waals surface area contributed by atoms with Gasteiger partial charge in [-0.05, 0) is 26.0 Å². The summed E-state index contributed by atoms with van der Waals surface area (Å²) >= 11 is 0. The molecular weight excluding hydrogens is 254 g/mol. The van der Waals surface area contributed by atoms with Crippen LogP contribution in [-0.2, 0) is 4.74 Å². The van der Waals surface area contributed by atoms with E-state index >= 15 is 0 Å². The molecule has 0 atom stereocenters. The molecule has 5 nitrogen and oxygen atoms in total. The number of carbonyl (C=O) groups is 1. The largest absolute Gasteiger partial charge is 0.462 e. The van der Waals surface area contributed by atoms with Crippen molar-refractivity contribution in [1.82, 2.24) is 9.38 Å². The zero-order valence-electron chi connectivity index (χ0n) is 11.2. The van der Waals surface area contributed by atoms with Gasteiger partial charge in [0.15, 0.2) is 0 Å². The number of nitrogens with zero attached hydrogens (tertiary/aromatic N) is 2. The maximum Gasteiger partial charge on any atom is 0.341 e. The highest BCUT2D eigenvalue weighted by atomic mass is 16.5. The minimum absolute atomic E-state index is 0.285. The second-order valence-electron chi connectivity index (χ2n) is 4.49. The molecule has 0 bridgehead atoms. The van der Waals surface area contributed by atoms with Gasteiger partial charge in [-0.2, -0.15) is 5.26 Å². The van der Waals surface area contributed by atoms with Crippen LogP contribution in [0.15, 0.2) is 24.3 Å². The highest BCUT2D eigenvalue weighted by Crippen LogP contribution is 2.27. The number of benzene rings is 1. The van der Waals surface area contributed by atoms with Gasteiger partial charge in [0.05, 0.1) is 17.6 Å². The average molecular weight is 267 g/mol. The molecule has 3 aromatic rings. The van der Waals surface area contributed by atoms with E-state index in [0.29, 0.717) is 22.5 Å². The number of rotatable bonds is 2. The number of hydrogen-bond acceptors (Lipinski definition) is 3. The van der Waals surface area contributed by atoms with Gasteiger partial charge in [-0.15, -0.1) is 0 Å². The van der Waals surface area contributed by atoms with Crippen LogP contribution in [0.1, 0.15) is 28.5 Å². The van der Waals surface area contributed by atoms with Crippen LogP contribution in [0.3, 0.4) is 0 Å². The lowest BCUT2D eigenvalue weighted by Crippen LogP contribution is -2.07. The fourth-order valence-corrected chi connectivity index (χ4v) is 2.57. The van der Waals surface area contributed by atoms with Gasteiger partial charge in [-0.3, -0.25) is 4.40 Å². The molecule has 1 N–H and O–H groups in total. The maximum atomic E-state index is 12.0. The van der Waals surface area contributed by atoms with E-state index in [-0.39, 0.29) is 6.61 Å². The summed E-state index contributed by atoms with van der Waals surface area (Å²) in [7, 11) is 0. The molecule has 0 aliphatic heterocycles. The van der Waals surface area contributed by atoms with Crippen LogP contribution in [0.4, 0.5) is 0 Å². The molecule has 0 saturated heterocycles. The van der Waals surface area contributed by atoms with Crippen molar-refractivity contribution in [1.29, 1.82) is 5.26 Å². The summed E-state index contributed by atoms with van der Waals surface area (Å²) in [6.45, 7) is 3.85. The highest BCUT2D eigenvalue weighted by Gasteiger charge is 2.24. The van der Waals surface area contributed by atoms with E-state index in [4.69, 9.17) is 4.74 Å². The third kappa shape index (κ3) is 1.51. The van der Waals surface area contributed by atoms with E-state index < -0.39 is 5.97 Å². The van der Waals surface area contributed by atoms with Gasteiger partial charge in [0.2, 0.25) is 0 Å². The molecule has 0 aliphatic carbocycles. The number of para-hydroxylation sites is 2. The van der Waals surface area contributed by atoms with Crippen molar-refractivity contribution in [2.24, 2.45) is 0 Å². The summed E-state index contributed by atoms with van der Waals surface area (Å²) in [6, 6.07) is 9.83. The lowest BCUT2D eigenvalue weighted by atomic mass is 10.1. The fourth-order valence-electron chi connectivity index (χ4n) is 2.57. The Bertz CT molecular complexity index is 865. The molecule has 0 spiro atoms. The first-order valence-corrected chi connectivity index (χ1v) is 6.38. The summed E-state index contributed by atoms with van der Waals surface area (Å²) < 4.78 is 6.93. The lowest BCUT2D eigenvalue weighted by Gasteiger charge is -2.02. The van der Waals surface area contributed by atoms with Crippen molar-refractivity contribution >= 4 is 22.6 Å². The first-order valence-electron chi connectivity index (χ1n) is 6.38. The SMILES string of the molecule is CCOC(=O)c1c(C#N)c2[nH]c3ccccc3n2c1C. The molecule has 0 amide bonds. The molecule has 5 heteroatoms. The number of aromatic nitrogens is 2. The fraction of sp³-hybridized carbons (Fsp3) is 0.200. The molecule has 2 aromatic heterocycles. The molecule has 100 valence electrons. The van der Waals surface area contributed by atoms with Gasteiger partial charge in [-0.25, -0.2) is 4.79 Å². The van der Waals surface area contributed by atoms with Crippen LogP contribution in [0.2, 0.25) is 0 Å². The smallest absolute Gasteiger partial charge is 0.341 e. The van der Waals surface area contributed by atoms with Gasteiger partial charge in [0.25, 0.3) is 0 Å². The quantitative estimate of drug-likeness (QED) is 0.726. The summed E-state index contributed by atoms with van der Waals surface area (Å²) in [4.78, 5) is 15.2. The monoisotopic (exact) mass is 267 g/mol. The van der Waals surface area contributed by atoms with Crippen molar-refractivity contribution in [3.63, 3.8) is 0 Å². The van der Waals surface area contributed by atoms with Gasteiger partial charge >= 0.3 is 5.97 Å². The molecule has 20 heavy (non-hydrogen) atoms. The van der Waals surface area contributed by atoms with E-state index in [1.54, 1.807) is 6.92 Å². The molecular formula is C15H13N3O2. The Kier molecular flexibility index (Phi) is 2.72. The van der Waals surface area contributed by atoms with E-state index in [1.807, 2.05) is 35.6 Å². The van der Waals surface area contributed by atoms with E-state index in [2.05, 4.69) is 11.1 Å². The topological polar surface area (TPSA) is 70.3 Å². The minimum Gasteiger partial charge on any atom is -0.462 e. The second kappa shape index (κ2) is 4.42. The predicted octanol–water partition coefficient (Wildman–Crippen LogP) is 2.78. The first kappa shape index (κ1) is 12.3. The Morgan fingerprint density at radius 2 is 2.20 bits per heavy atom. The van der Waals surface area contributed by atoms with Crippen LogP contribution in [0, 0.1) is 18.3 Å². The number of nitrogens with one attached hydrogen (secondary N) is 1. The Balaban J connectivity index is 2.41. The zero-order chi connectivity index (χ0) is 14.3. The number of H-pyrrole nitrogens is 1. The molecule has 2 heterocycles. The molecule has 3 rings (SSSR count). The number of imidazole rings is 1. The molecule has 0 fully saturated rings. The van der Waals surface area contributed by atoms with Crippen molar-refractivity contribution in [2.75, 3.05) is 6.61 Å². The van der Waals surface area contributed by atoms with Crippen molar-refractivity contribution < 1.29 is 9.53 Å². The van der Waals surface area contributed by atoms with E-state index in [0.717, 1.165) is 11.0 Å². The number of carbonyl (C=O) groups excluding carboxylic acids is 1. The number of nitriles is 1. The number of esters is 1. The van der Waals surface area contributed by atoms with Crippen LogP contribution in [0.5, 0.6) is 0 Å². The number of ether oxygens (including phenoxy) is 1. The van der Waals surface area contributed by atoms with Gasteiger partial charge < -0.3 is 9.72 Å². The van der Waals surface area contributed by atoms with E-state index in [9.17, 15) is 10.1 Å². The lowest BCUT2D eigenvalue weighted by molar-refractivity contribution is 0.0525. The third-order valence-corrected chi connectivity index (χ3v) is 3.40. The van der Waals surface area contributed by atoms with Crippen LogP contribution >= 0.6 is 0 Å². The Hall–Kier alpha value is -2.74. The van der Waals surface area contributed by atoms with Crippen LogP contribution < -0.4 is 0 Å². The number of aromatic amines is 1. The van der Waals surface area contributed by atoms with Gasteiger partial charge in [0, 0.05) is 5.69 Å². The van der Waals surface area contributed by atoms with Crippen molar-refractivity contribution in [3.8, 4) is 6.07 Å². The van der Waals surface area contributed by atoms with Crippen LogP contribution in [0.25, 0.3) is 16.7 Å². The number of hydrogen-bond donors (Lipinski definition) is 1. The number of aryl methyl sites for hydroxylation is 1. The molecule has 0 aliphatic rings. The van der Waals surface area contributed by atoms with Gasteiger partial charge in [-0.1, -0.05) is 12.1 Å². The molecule has 0 radical (unpaired) electrons. The normalized spacial score (nSPS) is 10.8. The summed E-state index contributed by atoms with van der Waals surface area (Å²) in [5.74, 6) is -0.456. The first-order chi connectivity index (χ1) is 9.69. The Morgan fingerprint density at radius 3 is 2.90 bits per heavy atom. The second-order valence-corrected chi connectivity index (χ2v) is 4.49. The number of fused-ring (bicyclic) bond motifs is 3. The highest BCUT2D eigenvalue weighted by molar-refractivity contribution is 5.98. The molecule has 0 unspecified atom stereocenters. The van der Waals surface area contributed by atoms with Crippen molar-refractivity contribution in [3.05, 3.63) is 41.1 Å². The van der Waals surface area contributed by atoms with Crippen LogP contribution in [-0.4, -0.2) is 22.0 Å². The van der Waals surface area contributed by atoms with Gasteiger partial charge in [0.1, 0.15) is 22.8 Å². The maximum absolute atomic E-state index is 12.0. The third-order valence-electron chi connectivity index (χ3n) is 3.40. The zero-order valence-corrected chi connectivity index (χ0v) is 11.2. The summed E-state index contributed by atoms with van der Waals surface area (Å²) in [5, 5.41) is 9.38. The molecule has 1 aromatic carbocycles.